The minimum absolute atomic E-state index is 0.368. The Labute approximate surface area is 113 Å². The van der Waals surface area contributed by atoms with Crippen LogP contribution in [0.4, 0.5) is 26.3 Å². The van der Waals surface area contributed by atoms with E-state index in [4.69, 9.17) is 0 Å². The maximum atomic E-state index is 12.1. The highest BCUT2D eigenvalue weighted by atomic mass is 19.4. The molecule has 21 heavy (non-hydrogen) atoms. The second kappa shape index (κ2) is 6.02. The summed E-state index contributed by atoms with van der Waals surface area (Å²) < 4.78 is 79.9. The number of rotatable bonds is 3. The summed E-state index contributed by atoms with van der Waals surface area (Å²) in [7, 11) is 0. The predicted molar refractivity (Wildman–Crippen MR) is 53.5 cm³/mol. The molecule has 116 valence electrons. The maximum absolute atomic E-state index is 12.1. The van der Waals surface area contributed by atoms with Crippen LogP contribution in [0, 0.1) is 0 Å². The van der Waals surface area contributed by atoms with Crippen molar-refractivity contribution in [3.63, 3.8) is 0 Å². The standard InChI is InChI=1S/C11H6F6O4/c12-10(13,14)8(18)20-7(6-4-2-1-3-5-6)21-9(19)11(15,16)17/h1-5,7H. The van der Waals surface area contributed by atoms with Crippen molar-refractivity contribution >= 4 is 11.9 Å². The monoisotopic (exact) mass is 316 g/mol. The third-order valence-electron chi connectivity index (χ3n) is 1.96. The van der Waals surface area contributed by atoms with E-state index >= 15 is 0 Å². The summed E-state index contributed by atoms with van der Waals surface area (Å²) in [6.07, 6.45) is -13.4. The van der Waals surface area contributed by atoms with E-state index in [-0.39, 0.29) is 5.56 Å². The average molecular weight is 316 g/mol. The van der Waals surface area contributed by atoms with Crippen LogP contribution in [0.5, 0.6) is 0 Å². The van der Waals surface area contributed by atoms with Gasteiger partial charge in [0.25, 0.3) is 6.29 Å². The quantitative estimate of drug-likeness (QED) is 0.489. The number of hydrogen-bond donors (Lipinski definition) is 0. The van der Waals surface area contributed by atoms with E-state index in [0.717, 1.165) is 12.1 Å². The molecule has 0 aromatic heterocycles. The molecule has 4 nitrogen and oxygen atoms in total. The Hall–Kier alpha value is -2.26. The van der Waals surface area contributed by atoms with Gasteiger partial charge in [0.15, 0.2) is 0 Å². The Morgan fingerprint density at radius 3 is 1.52 bits per heavy atom. The summed E-state index contributed by atoms with van der Waals surface area (Å²) in [4.78, 5) is 21.3. The van der Waals surface area contributed by atoms with Gasteiger partial charge in [0.2, 0.25) is 0 Å². The molecular formula is C11H6F6O4. The number of carbonyl (C=O) groups excluding carboxylic acids is 2. The third-order valence-corrected chi connectivity index (χ3v) is 1.96. The Balaban J connectivity index is 2.97. The van der Waals surface area contributed by atoms with Crippen molar-refractivity contribution in [3.8, 4) is 0 Å². The number of ether oxygens (including phenoxy) is 2. The van der Waals surface area contributed by atoms with Gasteiger partial charge >= 0.3 is 24.3 Å². The van der Waals surface area contributed by atoms with Gasteiger partial charge in [-0.1, -0.05) is 30.3 Å². The molecule has 0 bridgehead atoms. The fourth-order valence-corrected chi connectivity index (χ4v) is 1.10. The minimum atomic E-state index is -5.45. The summed E-state index contributed by atoms with van der Waals surface area (Å²) in [6.45, 7) is 0. The van der Waals surface area contributed by atoms with Crippen LogP contribution >= 0.6 is 0 Å². The molecule has 0 fully saturated rings. The highest BCUT2D eigenvalue weighted by molar-refractivity contribution is 5.77. The lowest BCUT2D eigenvalue weighted by molar-refractivity contribution is -0.242. The smallest absolute Gasteiger partial charge is 0.414 e. The first kappa shape index (κ1) is 16.8. The fourth-order valence-electron chi connectivity index (χ4n) is 1.10. The zero-order chi connectivity index (χ0) is 16.3. The molecule has 1 rings (SSSR count). The molecular weight excluding hydrogens is 310 g/mol. The summed E-state index contributed by atoms with van der Waals surface area (Å²) in [6, 6.07) is 5.93. The first-order valence-electron chi connectivity index (χ1n) is 5.12. The van der Waals surface area contributed by atoms with Crippen molar-refractivity contribution in [1.82, 2.24) is 0 Å². The first-order chi connectivity index (χ1) is 9.51. The van der Waals surface area contributed by atoms with Crippen LogP contribution in [0.25, 0.3) is 0 Å². The molecule has 0 radical (unpaired) electrons. The Kier molecular flexibility index (Phi) is 4.81. The zero-order valence-electron chi connectivity index (χ0n) is 9.86. The third kappa shape index (κ3) is 4.97. The second-order valence-electron chi connectivity index (χ2n) is 3.55. The van der Waals surface area contributed by atoms with Crippen LogP contribution in [0.1, 0.15) is 11.9 Å². The van der Waals surface area contributed by atoms with Gasteiger partial charge in [-0.15, -0.1) is 0 Å². The van der Waals surface area contributed by atoms with Gasteiger partial charge in [0.05, 0.1) is 0 Å². The maximum Gasteiger partial charge on any atom is 0.491 e. The number of esters is 2. The topological polar surface area (TPSA) is 52.6 Å². The lowest BCUT2D eigenvalue weighted by atomic mass is 10.2. The number of benzene rings is 1. The fraction of sp³-hybridized carbons (Fsp3) is 0.273. The van der Waals surface area contributed by atoms with Gasteiger partial charge in [0, 0.05) is 5.56 Å². The molecule has 10 heteroatoms. The van der Waals surface area contributed by atoms with E-state index in [0.29, 0.717) is 0 Å². The van der Waals surface area contributed by atoms with Crippen LogP contribution in [0.15, 0.2) is 30.3 Å². The molecule has 0 aliphatic carbocycles. The summed E-state index contributed by atoms with van der Waals surface area (Å²) in [5.74, 6) is -5.57. The molecule has 0 amide bonds. The summed E-state index contributed by atoms with van der Waals surface area (Å²) in [5.41, 5.74) is -0.368. The van der Waals surface area contributed by atoms with Crippen LogP contribution in [0.3, 0.4) is 0 Å². The number of halogens is 6. The number of alkyl halides is 6. The lowest BCUT2D eigenvalue weighted by Crippen LogP contribution is -2.32. The van der Waals surface area contributed by atoms with E-state index in [1.54, 1.807) is 0 Å². The van der Waals surface area contributed by atoms with Gasteiger partial charge in [-0.3, -0.25) is 0 Å². The van der Waals surface area contributed by atoms with E-state index in [2.05, 4.69) is 9.47 Å². The van der Waals surface area contributed by atoms with E-state index in [9.17, 15) is 35.9 Å². The molecule has 0 aliphatic heterocycles. The normalized spacial score (nSPS) is 12.1. The SMILES string of the molecule is O=C(OC(OC(=O)C(F)(F)F)c1ccccc1)C(F)(F)F. The largest absolute Gasteiger partial charge is 0.491 e. The molecule has 1 aromatic carbocycles. The molecule has 0 N–H and O–H groups in total. The summed E-state index contributed by atoms with van der Waals surface area (Å²) >= 11 is 0. The summed E-state index contributed by atoms with van der Waals surface area (Å²) in [5, 5.41) is 0. The molecule has 0 aliphatic rings. The van der Waals surface area contributed by atoms with Crippen molar-refractivity contribution in [2.24, 2.45) is 0 Å². The molecule has 0 saturated heterocycles. The predicted octanol–water partition coefficient (Wildman–Crippen LogP) is 2.90. The average Bonchev–Trinajstić information content (AvgIpc) is 2.36. The van der Waals surface area contributed by atoms with Crippen LogP contribution in [-0.4, -0.2) is 24.3 Å². The van der Waals surface area contributed by atoms with Gasteiger partial charge in [-0.2, -0.15) is 26.3 Å². The van der Waals surface area contributed by atoms with Crippen molar-refractivity contribution < 1.29 is 45.4 Å². The zero-order valence-corrected chi connectivity index (χ0v) is 9.86. The molecule has 0 heterocycles. The highest BCUT2D eigenvalue weighted by Gasteiger charge is 2.46. The van der Waals surface area contributed by atoms with E-state index in [1.165, 1.54) is 18.2 Å². The van der Waals surface area contributed by atoms with Crippen molar-refractivity contribution in [1.29, 1.82) is 0 Å². The number of hydrogen-bond acceptors (Lipinski definition) is 4. The van der Waals surface area contributed by atoms with Gasteiger partial charge < -0.3 is 9.47 Å². The van der Waals surface area contributed by atoms with Crippen LogP contribution in [-0.2, 0) is 19.1 Å². The van der Waals surface area contributed by atoms with Crippen molar-refractivity contribution in [2.45, 2.75) is 18.6 Å². The minimum Gasteiger partial charge on any atom is -0.414 e. The Bertz CT molecular complexity index is 480. The van der Waals surface area contributed by atoms with Gasteiger partial charge in [-0.25, -0.2) is 9.59 Å². The van der Waals surface area contributed by atoms with E-state index in [1.807, 2.05) is 0 Å². The molecule has 1 aromatic rings. The van der Waals surface area contributed by atoms with E-state index < -0.39 is 30.6 Å². The van der Waals surface area contributed by atoms with Gasteiger partial charge in [0.1, 0.15) is 0 Å². The Morgan fingerprint density at radius 1 is 0.810 bits per heavy atom. The first-order valence-corrected chi connectivity index (χ1v) is 5.12. The van der Waals surface area contributed by atoms with Crippen LogP contribution in [0.2, 0.25) is 0 Å². The molecule has 0 saturated carbocycles. The molecule has 0 spiro atoms. The van der Waals surface area contributed by atoms with Gasteiger partial charge in [-0.05, 0) is 0 Å². The molecule has 0 atom stereocenters. The lowest BCUT2D eigenvalue weighted by Gasteiger charge is -2.19. The van der Waals surface area contributed by atoms with Crippen molar-refractivity contribution in [2.75, 3.05) is 0 Å². The second-order valence-corrected chi connectivity index (χ2v) is 3.55. The Morgan fingerprint density at radius 2 is 1.19 bits per heavy atom. The van der Waals surface area contributed by atoms with Crippen LogP contribution < -0.4 is 0 Å². The molecule has 0 unspecified atom stereocenters. The number of carbonyl (C=O) groups is 2. The van der Waals surface area contributed by atoms with Crippen molar-refractivity contribution in [3.05, 3.63) is 35.9 Å². The highest BCUT2D eigenvalue weighted by Crippen LogP contribution is 2.27.